The summed E-state index contributed by atoms with van der Waals surface area (Å²) in [5.74, 6) is 0. The van der Waals surface area contributed by atoms with Crippen LogP contribution in [-0.4, -0.2) is 0 Å². The van der Waals surface area contributed by atoms with E-state index in [-0.39, 0.29) is 0 Å². The molecule has 3 aromatic carbocycles. The lowest BCUT2D eigenvalue weighted by Crippen LogP contribution is -1.83. The van der Waals surface area contributed by atoms with Gasteiger partial charge in [0, 0.05) is 0 Å². The molecule has 0 radical (unpaired) electrons. The Labute approximate surface area is 122 Å². The van der Waals surface area contributed by atoms with E-state index >= 15 is 0 Å². The molecule has 0 aliphatic heterocycles. The fraction of sp³-hybridized carbons (Fsp3) is 0.200. The van der Waals surface area contributed by atoms with Crippen LogP contribution in [0.1, 0.15) is 26.3 Å². The highest BCUT2D eigenvalue weighted by Gasteiger charge is 2.02. The van der Waals surface area contributed by atoms with Crippen molar-refractivity contribution in [3.05, 3.63) is 72.3 Å². The van der Waals surface area contributed by atoms with Crippen LogP contribution in [-0.2, 0) is 6.42 Å². The first-order valence-electron chi connectivity index (χ1n) is 7.45. The summed E-state index contributed by atoms with van der Waals surface area (Å²) >= 11 is 0. The van der Waals surface area contributed by atoms with E-state index in [9.17, 15) is 0 Å². The van der Waals surface area contributed by atoms with E-state index in [1.165, 1.54) is 27.5 Å². The molecule has 3 rings (SSSR count). The maximum atomic E-state index is 2.22. The molecular formula is C20H22. The number of rotatable bonds is 2. The van der Waals surface area contributed by atoms with Crippen LogP contribution in [0.2, 0.25) is 0 Å². The third-order valence-corrected chi connectivity index (χ3v) is 3.46. The van der Waals surface area contributed by atoms with Crippen molar-refractivity contribution in [3.8, 4) is 11.1 Å². The molecule has 0 atom stereocenters. The molecular weight excluding hydrogens is 240 g/mol. The van der Waals surface area contributed by atoms with Crippen LogP contribution in [0.3, 0.4) is 0 Å². The van der Waals surface area contributed by atoms with E-state index in [0.29, 0.717) is 0 Å². The Morgan fingerprint density at radius 2 is 1.35 bits per heavy atom. The Hall–Kier alpha value is -2.08. The molecule has 102 valence electrons. The highest BCUT2D eigenvalue weighted by molar-refractivity contribution is 5.96. The molecule has 0 N–H and O–H groups in total. The first-order valence-corrected chi connectivity index (χ1v) is 7.45. The van der Waals surface area contributed by atoms with Crippen LogP contribution >= 0.6 is 0 Å². The lowest BCUT2D eigenvalue weighted by Gasteiger charge is -2.07. The van der Waals surface area contributed by atoms with Crippen molar-refractivity contribution >= 4 is 10.8 Å². The van der Waals surface area contributed by atoms with Crippen LogP contribution in [0.4, 0.5) is 0 Å². The third-order valence-electron chi connectivity index (χ3n) is 3.46. The molecule has 0 aliphatic rings. The average molecular weight is 262 g/mol. The molecule has 0 unspecified atom stereocenters. The van der Waals surface area contributed by atoms with Crippen molar-refractivity contribution in [2.24, 2.45) is 0 Å². The van der Waals surface area contributed by atoms with Gasteiger partial charge in [-0.05, 0) is 33.9 Å². The average Bonchev–Trinajstić information content (AvgIpc) is 2.56. The second kappa shape index (κ2) is 6.91. The minimum atomic E-state index is 1.09. The minimum Gasteiger partial charge on any atom is -0.0683 e. The summed E-state index contributed by atoms with van der Waals surface area (Å²) in [6.45, 7) is 6.19. The monoisotopic (exact) mass is 262 g/mol. The summed E-state index contributed by atoms with van der Waals surface area (Å²) < 4.78 is 0. The van der Waals surface area contributed by atoms with Gasteiger partial charge in [0.1, 0.15) is 0 Å². The van der Waals surface area contributed by atoms with Gasteiger partial charge in [-0.1, -0.05) is 87.5 Å². The van der Waals surface area contributed by atoms with Gasteiger partial charge in [0.25, 0.3) is 0 Å². The summed E-state index contributed by atoms with van der Waals surface area (Å²) in [6.07, 6.45) is 1.09. The number of hydrogen-bond acceptors (Lipinski definition) is 0. The predicted octanol–water partition coefficient (Wildman–Crippen LogP) is 6.10. The van der Waals surface area contributed by atoms with E-state index in [4.69, 9.17) is 0 Å². The zero-order chi connectivity index (χ0) is 14.4. The van der Waals surface area contributed by atoms with Gasteiger partial charge < -0.3 is 0 Å². The van der Waals surface area contributed by atoms with Gasteiger partial charge in [-0.2, -0.15) is 0 Å². The molecule has 0 nitrogen and oxygen atoms in total. The van der Waals surface area contributed by atoms with Crippen molar-refractivity contribution in [2.45, 2.75) is 27.2 Å². The lowest BCUT2D eigenvalue weighted by atomic mass is 9.97. The third kappa shape index (κ3) is 2.91. The number of aryl methyl sites for hydroxylation is 1. The quantitative estimate of drug-likeness (QED) is 0.524. The molecule has 0 amide bonds. The van der Waals surface area contributed by atoms with Crippen molar-refractivity contribution in [3.63, 3.8) is 0 Å². The van der Waals surface area contributed by atoms with E-state index in [2.05, 4.69) is 73.7 Å². The lowest BCUT2D eigenvalue weighted by molar-refractivity contribution is 1.14. The first kappa shape index (κ1) is 14.3. The fourth-order valence-corrected chi connectivity index (χ4v) is 2.40. The molecule has 0 spiro atoms. The standard InChI is InChI=1S/C18H16.C2H6/c1-2-14-10-12-16(13-11-14)18-9-5-7-15-6-3-4-8-17(15)18;1-2/h3-13H,2H2,1H3;1-2H3. The van der Waals surface area contributed by atoms with Gasteiger partial charge in [-0.3, -0.25) is 0 Å². The zero-order valence-corrected chi connectivity index (χ0v) is 12.6. The topological polar surface area (TPSA) is 0 Å². The van der Waals surface area contributed by atoms with E-state index in [0.717, 1.165) is 6.42 Å². The van der Waals surface area contributed by atoms with Gasteiger partial charge >= 0.3 is 0 Å². The normalized spacial score (nSPS) is 9.95. The number of fused-ring (bicyclic) bond motifs is 1. The molecule has 0 bridgehead atoms. The second-order valence-electron chi connectivity index (χ2n) is 4.58. The number of benzene rings is 3. The van der Waals surface area contributed by atoms with Crippen molar-refractivity contribution in [1.29, 1.82) is 0 Å². The maximum Gasteiger partial charge on any atom is -0.0105 e. The van der Waals surface area contributed by atoms with Crippen molar-refractivity contribution < 1.29 is 0 Å². The Kier molecular flexibility index (Phi) is 4.95. The first-order chi connectivity index (χ1) is 9.88. The summed E-state index contributed by atoms with van der Waals surface area (Å²) in [5, 5.41) is 2.62. The molecule has 0 saturated heterocycles. The Morgan fingerprint density at radius 1 is 0.700 bits per heavy atom. The summed E-state index contributed by atoms with van der Waals surface area (Å²) in [7, 11) is 0. The van der Waals surface area contributed by atoms with Crippen LogP contribution < -0.4 is 0 Å². The fourth-order valence-electron chi connectivity index (χ4n) is 2.40. The maximum absolute atomic E-state index is 2.22. The Morgan fingerprint density at radius 3 is 2.05 bits per heavy atom. The van der Waals surface area contributed by atoms with Gasteiger partial charge in [-0.25, -0.2) is 0 Å². The predicted molar refractivity (Wildman–Crippen MR) is 90.1 cm³/mol. The molecule has 0 heteroatoms. The highest BCUT2D eigenvalue weighted by atomic mass is 14.1. The van der Waals surface area contributed by atoms with Crippen LogP contribution in [0.25, 0.3) is 21.9 Å². The van der Waals surface area contributed by atoms with E-state index < -0.39 is 0 Å². The van der Waals surface area contributed by atoms with Gasteiger partial charge in [0.15, 0.2) is 0 Å². The Bertz CT molecular complexity index is 658. The molecule has 3 aromatic rings. The van der Waals surface area contributed by atoms with Gasteiger partial charge in [0.05, 0.1) is 0 Å². The molecule has 0 heterocycles. The van der Waals surface area contributed by atoms with Crippen LogP contribution in [0.5, 0.6) is 0 Å². The molecule has 0 aliphatic carbocycles. The second-order valence-corrected chi connectivity index (χ2v) is 4.58. The van der Waals surface area contributed by atoms with Crippen LogP contribution in [0, 0.1) is 0 Å². The van der Waals surface area contributed by atoms with Crippen molar-refractivity contribution in [1.82, 2.24) is 0 Å². The highest BCUT2D eigenvalue weighted by Crippen LogP contribution is 2.28. The van der Waals surface area contributed by atoms with Crippen LogP contribution in [0.15, 0.2) is 66.7 Å². The summed E-state index contributed by atoms with van der Waals surface area (Å²) in [6, 6.07) is 23.9. The van der Waals surface area contributed by atoms with E-state index in [1.54, 1.807) is 0 Å². The Balaban J connectivity index is 0.000000704. The summed E-state index contributed by atoms with van der Waals surface area (Å²) in [4.78, 5) is 0. The molecule has 0 aromatic heterocycles. The summed E-state index contributed by atoms with van der Waals surface area (Å²) in [5.41, 5.74) is 4.00. The van der Waals surface area contributed by atoms with Gasteiger partial charge in [-0.15, -0.1) is 0 Å². The molecule has 0 saturated carbocycles. The zero-order valence-electron chi connectivity index (χ0n) is 12.6. The van der Waals surface area contributed by atoms with E-state index in [1.807, 2.05) is 13.8 Å². The smallest absolute Gasteiger partial charge is 0.0105 e. The van der Waals surface area contributed by atoms with Crippen molar-refractivity contribution in [2.75, 3.05) is 0 Å². The SMILES string of the molecule is CC.CCc1ccc(-c2cccc3ccccc23)cc1. The van der Waals surface area contributed by atoms with Gasteiger partial charge in [0.2, 0.25) is 0 Å². The molecule has 20 heavy (non-hydrogen) atoms. The molecule has 0 fully saturated rings. The minimum absolute atomic E-state index is 1.09. The number of hydrogen-bond donors (Lipinski definition) is 0. The largest absolute Gasteiger partial charge is 0.0683 e.